The van der Waals surface area contributed by atoms with Gasteiger partial charge in [-0.15, -0.1) is 11.6 Å². The molecule has 0 bridgehead atoms. The lowest BCUT2D eigenvalue weighted by Gasteiger charge is -2.09. The van der Waals surface area contributed by atoms with Gasteiger partial charge in [0.25, 0.3) is 0 Å². The molecule has 0 saturated carbocycles. The minimum absolute atomic E-state index is 0.000779. The number of hydrogen-bond acceptors (Lipinski definition) is 1. The van der Waals surface area contributed by atoms with E-state index < -0.39 is 17.5 Å². The number of fused-ring (bicyclic) bond motifs is 1. The Morgan fingerprint density at radius 3 is 2.62 bits per heavy atom. The lowest BCUT2D eigenvalue weighted by molar-refractivity contribution is 0.504. The molecule has 0 saturated heterocycles. The van der Waals surface area contributed by atoms with Crippen molar-refractivity contribution < 1.29 is 13.2 Å². The SMILES string of the molecule is Cc1cc2c(cc1F)nc(CCl)n2-c1cccc(F)c1F. The Balaban J connectivity index is 2.40. The topological polar surface area (TPSA) is 17.8 Å². The second-order valence-electron chi connectivity index (χ2n) is 4.66. The van der Waals surface area contributed by atoms with Gasteiger partial charge < -0.3 is 0 Å². The molecule has 0 unspecified atom stereocenters. The van der Waals surface area contributed by atoms with Crippen LogP contribution in [0.15, 0.2) is 30.3 Å². The number of hydrogen-bond donors (Lipinski definition) is 0. The highest BCUT2D eigenvalue weighted by Crippen LogP contribution is 2.27. The normalized spacial score (nSPS) is 11.3. The van der Waals surface area contributed by atoms with Crippen molar-refractivity contribution in [2.45, 2.75) is 12.8 Å². The summed E-state index contributed by atoms with van der Waals surface area (Å²) in [5.41, 5.74) is 1.22. The van der Waals surface area contributed by atoms with Crippen molar-refractivity contribution in [1.82, 2.24) is 9.55 Å². The summed E-state index contributed by atoms with van der Waals surface area (Å²) in [6.45, 7) is 1.59. The molecule has 21 heavy (non-hydrogen) atoms. The Morgan fingerprint density at radius 1 is 1.14 bits per heavy atom. The second-order valence-corrected chi connectivity index (χ2v) is 4.93. The van der Waals surface area contributed by atoms with Gasteiger partial charge in [0.15, 0.2) is 11.6 Å². The van der Waals surface area contributed by atoms with Gasteiger partial charge in [-0.3, -0.25) is 4.57 Å². The molecular weight excluding hydrogens is 301 g/mol. The molecule has 2 nitrogen and oxygen atoms in total. The first-order valence-corrected chi connectivity index (χ1v) is 6.74. The van der Waals surface area contributed by atoms with Crippen LogP contribution in [0.3, 0.4) is 0 Å². The third-order valence-electron chi connectivity index (χ3n) is 3.30. The molecule has 3 aromatic rings. The van der Waals surface area contributed by atoms with E-state index in [0.717, 1.165) is 6.07 Å². The molecule has 108 valence electrons. The lowest BCUT2D eigenvalue weighted by Crippen LogP contribution is -2.03. The van der Waals surface area contributed by atoms with E-state index in [9.17, 15) is 13.2 Å². The standard InChI is InChI=1S/C15H10ClF3N2/c1-8-5-13-11(6-10(8)18)20-14(7-16)21(13)12-4-2-3-9(17)15(12)19/h2-6H,7H2,1H3. The lowest BCUT2D eigenvalue weighted by atomic mass is 10.2. The predicted molar refractivity (Wildman–Crippen MR) is 75.2 cm³/mol. The zero-order valence-corrected chi connectivity index (χ0v) is 11.8. The van der Waals surface area contributed by atoms with Crippen molar-refractivity contribution in [3.05, 3.63) is 59.2 Å². The van der Waals surface area contributed by atoms with Crippen molar-refractivity contribution in [3.8, 4) is 5.69 Å². The Bertz CT molecular complexity index is 843. The molecule has 1 heterocycles. The van der Waals surface area contributed by atoms with Gasteiger partial charge in [-0.05, 0) is 30.7 Å². The third kappa shape index (κ3) is 2.17. The Labute approximate surface area is 123 Å². The van der Waals surface area contributed by atoms with Gasteiger partial charge in [-0.1, -0.05) is 6.07 Å². The van der Waals surface area contributed by atoms with E-state index in [2.05, 4.69) is 4.98 Å². The smallest absolute Gasteiger partial charge is 0.182 e. The predicted octanol–water partition coefficient (Wildman–Crippen LogP) is 4.49. The van der Waals surface area contributed by atoms with Crippen LogP contribution in [0.4, 0.5) is 13.2 Å². The maximum absolute atomic E-state index is 14.0. The van der Waals surface area contributed by atoms with Gasteiger partial charge in [-0.25, -0.2) is 18.2 Å². The quantitative estimate of drug-likeness (QED) is 0.638. The molecule has 0 aliphatic heterocycles. The molecule has 2 aromatic carbocycles. The summed E-state index contributed by atoms with van der Waals surface area (Å²) < 4.78 is 42.5. The highest BCUT2D eigenvalue weighted by molar-refractivity contribution is 6.17. The Kier molecular flexibility index (Phi) is 3.37. The summed E-state index contributed by atoms with van der Waals surface area (Å²) >= 11 is 5.83. The highest BCUT2D eigenvalue weighted by atomic mass is 35.5. The number of alkyl halides is 1. The zero-order valence-electron chi connectivity index (χ0n) is 11.0. The van der Waals surface area contributed by atoms with E-state index in [4.69, 9.17) is 11.6 Å². The highest BCUT2D eigenvalue weighted by Gasteiger charge is 2.18. The van der Waals surface area contributed by atoms with Crippen LogP contribution in [-0.4, -0.2) is 9.55 Å². The fraction of sp³-hybridized carbons (Fsp3) is 0.133. The van der Waals surface area contributed by atoms with E-state index in [-0.39, 0.29) is 11.6 Å². The minimum Gasteiger partial charge on any atom is -0.292 e. The van der Waals surface area contributed by atoms with Crippen LogP contribution < -0.4 is 0 Å². The van der Waals surface area contributed by atoms with Gasteiger partial charge in [0.2, 0.25) is 0 Å². The van der Waals surface area contributed by atoms with Crippen molar-refractivity contribution in [3.63, 3.8) is 0 Å². The number of aryl methyl sites for hydroxylation is 1. The molecule has 0 aliphatic carbocycles. The summed E-state index contributed by atoms with van der Waals surface area (Å²) in [5.74, 6) is -2.06. The summed E-state index contributed by atoms with van der Waals surface area (Å²) in [6, 6.07) is 6.65. The fourth-order valence-corrected chi connectivity index (χ4v) is 2.46. The van der Waals surface area contributed by atoms with Crippen LogP contribution in [0.2, 0.25) is 0 Å². The molecular formula is C15H10ClF3N2. The number of benzene rings is 2. The zero-order chi connectivity index (χ0) is 15.1. The molecule has 0 fully saturated rings. The molecule has 3 rings (SSSR count). The Morgan fingerprint density at radius 2 is 1.90 bits per heavy atom. The number of rotatable bonds is 2. The van der Waals surface area contributed by atoms with E-state index in [1.165, 1.54) is 28.8 Å². The Hall–Kier alpha value is -2.01. The van der Waals surface area contributed by atoms with E-state index in [1.54, 1.807) is 6.92 Å². The van der Waals surface area contributed by atoms with Crippen LogP contribution in [0.1, 0.15) is 11.4 Å². The average molecular weight is 311 g/mol. The van der Waals surface area contributed by atoms with Gasteiger partial charge in [0.05, 0.1) is 22.6 Å². The maximum atomic E-state index is 14.0. The van der Waals surface area contributed by atoms with E-state index in [1.807, 2.05) is 0 Å². The van der Waals surface area contributed by atoms with Crippen LogP contribution in [-0.2, 0) is 5.88 Å². The molecule has 0 spiro atoms. The monoisotopic (exact) mass is 310 g/mol. The number of halogens is 4. The average Bonchev–Trinajstić information content (AvgIpc) is 2.80. The summed E-state index contributed by atoms with van der Waals surface area (Å²) in [4.78, 5) is 4.18. The van der Waals surface area contributed by atoms with E-state index >= 15 is 0 Å². The van der Waals surface area contributed by atoms with Gasteiger partial charge in [0, 0.05) is 6.07 Å². The second kappa shape index (κ2) is 5.07. The number of nitrogens with zero attached hydrogens (tertiary/aromatic N) is 2. The molecule has 6 heteroatoms. The summed E-state index contributed by atoms with van der Waals surface area (Å²) in [5, 5.41) is 0. The molecule has 1 aromatic heterocycles. The summed E-state index contributed by atoms with van der Waals surface area (Å²) in [7, 11) is 0. The first-order valence-electron chi connectivity index (χ1n) is 6.20. The van der Waals surface area contributed by atoms with Crippen LogP contribution >= 0.6 is 11.6 Å². The van der Waals surface area contributed by atoms with Gasteiger partial charge >= 0.3 is 0 Å². The van der Waals surface area contributed by atoms with Crippen molar-refractivity contribution in [2.24, 2.45) is 0 Å². The van der Waals surface area contributed by atoms with E-state index in [0.29, 0.717) is 22.4 Å². The summed E-state index contributed by atoms with van der Waals surface area (Å²) in [6.07, 6.45) is 0. The van der Waals surface area contributed by atoms with Gasteiger partial charge in [-0.2, -0.15) is 0 Å². The molecule has 0 atom stereocenters. The van der Waals surface area contributed by atoms with Crippen molar-refractivity contribution in [1.29, 1.82) is 0 Å². The number of aromatic nitrogens is 2. The first-order chi connectivity index (χ1) is 10.0. The maximum Gasteiger partial charge on any atom is 0.182 e. The molecule has 0 radical (unpaired) electrons. The van der Waals surface area contributed by atoms with Crippen molar-refractivity contribution >= 4 is 22.6 Å². The van der Waals surface area contributed by atoms with Crippen LogP contribution in [0.5, 0.6) is 0 Å². The van der Waals surface area contributed by atoms with Crippen LogP contribution in [0, 0.1) is 24.4 Å². The third-order valence-corrected chi connectivity index (χ3v) is 3.54. The molecule has 0 aliphatic rings. The van der Waals surface area contributed by atoms with Crippen molar-refractivity contribution in [2.75, 3.05) is 0 Å². The molecule has 0 amide bonds. The first kappa shape index (κ1) is 13.9. The number of imidazole rings is 1. The largest absolute Gasteiger partial charge is 0.292 e. The molecule has 0 N–H and O–H groups in total. The van der Waals surface area contributed by atoms with Gasteiger partial charge in [0.1, 0.15) is 11.6 Å². The fourth-order valence-electron chi connectivity index (χ4n) is 2.28. The minimum atomic E-state index is -0.995. The van der Waals surface area contributed by atoms with Crippen LogP contribution in [0.25, 0.3) is 16.7 Å².